The van der Waals surface area contributed by atoms with Crippen molar-refractivity contribution in [3.8, 4) is 0 Å². The lowest BCUT2D eigenvalue weighted by Gasteiger charge is -2.53. The number of benzene rings is 7. The molecule has 4 fully saturated rings. The molecule has 6 aliphatic rings. The standard InChI is InChI=1S/C73H68ClN5O19/c1-43(80)91-64-61-55(42-90-71(96-61)48-29-15-6-16-30-48)94-73(65(64)95-56(81)35-74)98-60-54(41-87-37-45-23-9-3-10-24-45)93-72(58(63(60)89-39-47-27-13-5-14-28-47)79-69(84)51-33-19-20-34-52(51)70(79)85)97-59-53(40-86-36-44-21-7-2-8-22-44)92-66(76-77-75)57(62(59)88-38-46-25-11-4-12-26-46)78-67(82)49-31-17-18-32-50(49)68(78)83/h2-34,53-55,57-66,71-73H,35-42H2,1H3/t53-,54-,55-,57-,58-,59-,60-,61-,62-,63-,64+,65-,66-,71-,72+,73+/m1/s1. The molecule has 6 aliphatic heterocycles. The van der Waals surface area contributed by atoms with Crippen LogP contribution in [0.5, 0.6) is 0 Å². The monoisotopic (exact) mass is 1350 g/mol. The number of hydrogen-bond donors (Lipinski definition) is 0. The average Bonchev–Trinajstić information content (AvgIpc) is 1.43. The summed E-state index contributed by atoms with van der Waals surface area (Å²) in [5.41, 5.74) is 14.0. The first-order valence-corrected chi connectivity index (χ1v) is 32.5. The van der Waals surface area contributed by atoms with Crippen molar-refractivity contribution in [3.63, 3.8) is 0 Å². The molecular weight excluding hydrogens is 1290 g/mol. The summed E-state index contributed by atoms with van der Waals surface area (Å²) >= 11 is 6.21. The van der Waals surface area contributed by atoms with E-state index in [0.29, 0.717) is 16.7 Å². The van der Waals surface area contributed by atoms with Crippen molar-refractivity contribution >= 4 is 47.2 Å². The molecule has 25 heteroatoms. The van der Waals surface area contributed by atoms with E-state index in [1.165, 1.54) is 31.2 Å². The molecule has 6 heterocycles. The second kappa shape index (κ2) is 31.2. The lowest BCUT2D eigenvalue weighted by atomic mass is 9.92. The molecule has 0 N–H and O–H groups in total. The number of imide groups is 2. The fourth-order valence-corrected chi connectivity index (χ4v) is 13.3. The SMILES string of the molecule is CC(=O)O[C@@H]1[C@@H](OC(=O)CCl)[C@H](O[C@H]2[C@H](OCc3ccccc3)[C@@H](N3C(=O)c4ccccc4C3=O)[C@H](O[C@H]3[C@H](OCc4ccccc4)[C@@H](N4C(=O)c5ccccc5C4=O)[C@H](N=[N+]=[N-])O[C@@H]3COCc3ccccc3)O[C@@H]2COCc2ccccc2)O[C@@H]2CO[C@@H](c3ccccc3)O[C@@H]12. The molecule has 0 bridgehead atoms. The number of carbonyl (C=O) groups excluding carboxylic acids is 6. The van der Waals surface area contributed by atoms with E-state index in [1.807, 2.05) is 78.9 Å². The van der Waals surface area contributed by atoms with Gasteiger partial charge in [0.25, 0.3) is 23.6 Å². The quantitative estimate of drug-likeness (QED) is 0.0129. The largest absolute Gasteiger partial charge is 0.455 e. The maximum Gasteiger partial charge on any atom is 0.321 e. The number of azide groups is 1. The lowest BCUT2D eigenvalue weighted by Crippen LogP contribution is -2.71. The number of esters is 2. The number of carbonyl (C=O) groups is 6. The van der Waals surface area contributed by atoms with Crippen LogP contribution in [-0.2, 0) is 97.6 Å². The average molecular weight is 1350 g/mol. The van der Waals surface area contributed by atoms with Crippen LogP contribution in [0.1, 0.15) is 82.5 Å². The summed E-state index contributed by atoms with van der Waals surface area (Å²) in [6.07, 6.45) is -20.8. The Bertz CT molecular complexity index is 3930. The third-order valence-corrected chi connectivity index (χ3v) is 17.9. The minimum atomic E-state index is -1.87. The fourth-order valence-electron chi connectivity index (χ4n) is 13.2. The van der Waals surface area contributed by atoms with Gasteiger partial charge in [-0.1, -0.05) is 181 Å². The van der Waals surface area contributed by atoms with E-state index in [4.69, 9.17) is 73.2 Å². The van der Waals surface area contributed by atoms with E-state index in [2.05, 4.69) is 10.0 Å². The third kappa shape index (κ3) is 14.7. The Morgan fingerprint density at radius 3 is 1.40 bits per heavy atom. The summed E-state index contributed by atoms with van der Waals surface area (Å²) in [6.45, 7) is -0.0937. The zero-order chi connectivity index (χ0) is 67.7. The van der Waals surface area contributed by atoms with Gasteiger partial charge in [-0.25, -0.2) is 0 Å². The first kappa shape index (κ1) is 67.5. The van der Waals surface area contributed by atoms with E-state index < -0.39 is 140 Å². The molecule has 16 atom stereocenters. The normalized spacial score (nSPS) is 28.1. The van der Waals surface area contributed by atoms with E-state index >= 15 is 9.59 Å². The molecule has 0 radical (unpaired) electrons. The van der Waals surface area contributed by atoms with Crippen LogP contribution in [0.2, 0.25) is 0 Å². The van der Waals surface area contributed by atoms with Crippen molar-refractivity contribution in [1.29, 1.82) is 0 Å². The minimum Gasteiger partial charge on any atom is -0.455 e. The van der Waals surface area contributed by atoms with Crippen LogP contribution in [0.3, 0.4) is 0 Å². The Kier molecular flexibility index (Phi) is 21.5. The van der Waals surface area contributed by atoms with Crippen LogP contribution in [0, 0.1) is 0 Å². The molecule has 4 saturated heterocycles. The molecule has 98 heavy (non-hydrogen) atoms. The third-order valence-electron chi connectivity index (χ3n) is 17.6. The molecule has 0 aromatic heterocycles. The summed E-state index contributed by atoms with van der Waals surface area (Å²) < 4.78 is 88.1. The van der Waals surface area contributed by atoms with E-state index in [-0.39, 0.29) is 68.5 Å². The van der Waals surface area contributed by atoms with Gasteiger partial charge in [-0.2, -0.15) is 0 Å². The zero-order valence-electron chi connectivity index (χ0n) is 52.8. The summed E-state index contributed by atoms with van der Waals surface area (Å²) in [6, 6.07) is 54.6. The highest BCUT2D eigenvalue weighted by molar-refractivity contribution is 6.26. The van der Waals surface area contributed by atoms with Crippen LogP contribution in [0.15, 0.2) is 205 Å². The summed E-state index contributed by atoms with van der Waals surface area (Å²) in [5, 5.41) is 4.11. The zero-order valence-corrected chi connectivity index (χ0v) is 53.6. The Morgan fingerprint density at radius 2 is 0.929 bits per heavy atom. The van der Waals surface area contributed by atoms with Gasteiger partial charge >= 0.3 is 11.9 Å². The fraction of sp³-hybridized carbons (Fsp3) is 0.342. The summed E-state index contributed by atoms with van der Waals surface area (Å²) in [4.78, 5) is 93.3. The lowest BCUT2D eigenvalue weighted by molar-refractivity contribution is -0.388. The highest BCUT2D eigenvalue weighted by Crippen LogP contribution is 2.44. The smallest absolute Gasteiger partial charge is 0.321 e. The van der Waals surface area contributed by atoms with Gasteiger partial charge in [-0.3, -0.25) is 38.6 Å². The predicted molar refractivity (Wildman–Crippen MR) is 345 cm³/mol. The number of ether oxygens (including phenoxy) is 13. The van der Waals surface area contributed by atoms with Gasteiger partial charge in [0.05, 0.1) is 68.5 Å². The molecule has 0 aliphatic carbocycles. The van der Waals surface area contributed by atoms with E-state index in [9.17, 15) is 24.7 Å². The highest BCUT2D eigenvalue weighted by atomic mass is 35.5. The Hall–Kier alpha value is -9.08. The van der Waals surface area contributed by atoms with Crippen molar-refractivity contribution in [1.82, 2.24) is 9.80 Å². The van der Waals surface area contributed by atoms with Crippen LogP contribution in [0.4, 0.5) is 0 Å². The van der Waals surface area contributed by atoms with E-state index in [0.717, 1.165) is 20.9 Å². The first-order chi connectivity index (χ1) is 47.9. The van der Waals surface area contributed by atoms with Gasteiger partial charge in [0.15, 0.2) is 37.3 Å². The van der Waals surface area contributed by atoms with Crippen LogP contribution < -0.4 is 0 Å². The molecule has 4 amide bonds. The van der Waals surface area contributed by atoms with Gasteiger partial charge in [0, 0.05) is 17.4 Å². The van der Waals surface area contributed by atoms with Crippen molar-refractivity contribution in [2.45, 2.75) is 132 Å². The van der Waals surface area contributed by atoms with Gasteiger partial charge in [0.1, 0.15) is 66.8 Å². The Balaban J connectivity index is 0.969. The predicted octanol–water partition coefficient (Wildman–Crippen LogP) is 9.37. The van der Waals surface area contributed by atoms with Gasteiger partial charge in [-0.05, 0) is 52.1 Å². The van der Waals surface area contributed by atoms with Crippen molar-refractivity contribution in [2.75, 3.05) is 25.7 Å². The summed E-state index contributed by atoms with van der Waals surface area (Å²) in [7, 11) is 0. The number of nitrogens with zero attached hydrogens (tertiary/aromatic N) is 5. The van der Waals surface area contributed by atoms with Gasteiger partial charge < -0.3 is 61.6 Å². The number of halogens is 1. The topological polar surface area (TPSA) is 278 Å². The molecule has 506 valence electrons. The van der Waals surface area contributed by atoms with Gasteiger partial charge in [0.2, 0.25) is 0 Å². The van der Waals surface area contributed by atoms with Crippen molar-refractivity contribution in [3.05, 3.63) is 261 Å². The van der Waals surface area contributed by atoms with E-state index in [1.54, 1.807) is 97.1 Å². The molecule has 0 spiro atoms. The molecule has 13 rings (SSSR count). The number of amides is 4. The maximum atomic E-state index is 15.6. The van der Waals surface area contributed by atoms with Crippen LogP contribution in [-0.4, -0.2) is 163 Å². The maximum absolute atomic E-state index is 15.6. The number of hydrogen-bond acceptors (Lipinski definition) is 20. The second-order valence-corrected chi connectivity index (χ2v) is 24.2. The van der Waals surface area contributed by atoms with Crippen molar-refractivity contribution in [2.24, 2.45) is 5.11 Å². The van der Waals surface area contributed by atoms with Crippen molar-refractivity contribution < 1.29 is 90.3 Å². The summed E-state index contributed by atoms with van der Waals surface area (Å²) in [5.74, 6) is -5.51. The minimum absolute atomic E-state index is 0.00278. The number of alkyl halides is 1. The number of rotatable bonds is 25. The molecule has 24 nitrogen and oxygen atoms in total. The Morgan fingerprint density at radius 1 is 0.500 bits per heavy atom. The number of fused-ring (bicyclic) bond motifs is 3. The first-order valence-electron chi connectivity index (χ1n) is 32.0. The van der Waals surface area contributed by atoms with Crippen LogP contribution >= 0.6 is 11.6 Å². The Labute approximate surface area is 567 Å². The molecular formula is C73H68ClN5O19. The molecule has 7 aromatic carbocycles. The van der Waals surface area contributed by atoms with Gasteiger partial charge in [-0.15, -0.1) is 11.6 Å². The highest BCUT2D eigenvalue weighted by Gasteiger charge is 2.62. The molecule has 0 saturated carbocycles. The molecule has 0 unspecified atom stereocenters. The second-order valence-electron chi connectivity index (χ2n) is 24.0. The van der Waals surface area contributed by atoms with Crippen LogP contribution in [0.25, 0.3) is 10.4 Å². The molecule has 7 aromatic rings.